The predicted molar refractivity (Wildman–Crippen MR) is 117 cm³/mol. The number of hydrogen-bond donors (Lipinski definition) is 1. The number of likely N-dealkylation sites (tertiary alicyclic amines) is 1. The molecule has 1 N–H and O–H groups in total. The number of nitrogens with one attached hydrogen (secondary N) is 1. The summed E-state index contributed by atoms with van der Waals surface area (Å²) in [5, 5.41) is 7.67. The Hall–Kier alpha value is -3.29. The molecule has 0 spiro atoms. The lowest BCUT2D eigenvalue weighted by atomic mass is 9.89. The SMILES string of the molecule is Cc1ccc(-n2cnc(C)n2)c(C(=O)N2CCCC(C)C2CNc2ccc(F)cn2)c1. The molecule has 0 saturated carbocycles. The maximum atomic E-state index is 13.7. The first-order chi connectivity index (χ1) is 14.9. The van der Waals surface area contributed by atoms with Crippen molar-refractivity contribution in [1.29, 1.82) is 0 Å². The molecule has 3 aromatic rings. The van der Waals surface area contributed by atoms with Crippen molar-refractivity contribution in [2.75, 3.05) is 18.4 Å². The number of amides is 1. The monoisotopic (exact) mass is 422 g/mol. The van der Waals surface area contributed by atoms with Gasteiger partial charge in [0.1, 0.15) is 23.8 Å². The third-order valence-corrected chi connectivity index (χ3v) is 5.83. The molecule has 1 saturated heterocycles. The van der Waals surface area contributed by atoms with Crippen LogP contribution in [0.3, 0.4) is 0 Å². The molecule has 8 heteroatoms. The number of benzene rings is 1. The first-order valence-corrected chi connectivity index (χ1v) is 10.6. The van der Waals surface area contributed by atoms with Crippen molar-refractivity contribution in [2.45, 2.75) is 39.7 Å². The molecule has 1 fully saturated rings. The average molecular weight is 423 g/mol. The van der Waals surface area contributed by atoms with Crippen LogP contribution < -0.4 is 5.32 Å². The molecular formula is C23H27FN6O. The highest BCUT2D eigenvalue weighted by molar-refractivity contribution is 5.98. The van der Waals surface area contributed by atoms with Crippen LogP contribution in [0.1, 0.15) is 41.5 Å². The van der Waals surface area contributed by atoms with Crippen molar-refractivity contribution in [3.8, 4) is 5.69 Å². The molecule has 1 aromatic carbocycles. The Kier molecular flexibility index (Phi) is 5.97. The van der Waals surface area contributed by atoms with Crippen molar-refractivity contribution < 1.29 is 9.18 Å². The predicted octanol–water partition coefficient (Wildman–Crippen LogP) is 3.77. The third kappa shape index (κ3) is 4.57. The van der Waals surface area contributed by atoms with E-state index < -0.39 is 0 Å². The minimum atomic E-state index is -0.372. The van der Waals surface area contributed by atoms with Crippen LogP contribution in [0.25, 0.3) is 5.69 Å². The molecule has 0 radical (unpaired) electrons. The highest BCUT2D eigenvalue weighted by Gasteiger charge is 2.33. The molecule has 4 rings (SSSR count). The van der Waals surface area contributed by atoms with E-state index in [-0.39, 0.29) is 17.8 Å². The van der Waals surface area contributed by atoms with Gasteiger partial charge in [0, 0.05) is 13.1 Å². The Morgan fingerprint density at radius 3 is 2.77 bits per heavy atom. The van der Waals surface area contributed by atoms with Crippen molar-refractivity contribution in [3.05, 3.63) is 65.6 Å². The summed E-state index contributed by atoms with van der Waals surface area (Å²) < 4.78 is 14.8. The second kappa shape index (κ2) is 8.83. The number of nitrogens with zero attached hydrogens (tertiary/aromatic N) is 5. The molecule has 162 valence electrons. The first-order valence-electron chi connectivity index (χ1n) is 10.6. The van der Waals surface area contributed by atoms with Gasteiger partial charge in [-0.1, -0.05) is 18.6 Å². The van der Waals surface area contributed by atoms with Gasteiger partial charge in [-0.15, -0.1) is 0 Å². The number of piperidine rings is 1. The maximum absolute atomic E-state index is 13.7. The summed E-state index contributed by atoms with van der Waals surface area (Å²) in [7, 11) is 0. The van der Waals surface area contributed by atoms with Gasteiger partial charge < -0.3 is 10.2 Å². The van der Waals surface area contributed by atoms with Gasteiger partial charge in [-0.05, 0) is 56.9 Å². The van der Waals surface area contributed by atoms with Crippen molar-refractivity contribution in [2.24, 2.45) is 5.92 Å². The number of carbonyl (C=O) groups is 1. The molecule has 3 heterocycles. The van der Waals surface area contributed by atoms with Gasteiger partial charge in [-0.3, -0.25) is 4.79 Å². The van der Waals surface area contributed by atoms with Gasteiger partial charge in [0.2, 0.25) is 0 Å². The summed E-state index contributed by atoms with van der Waals surface area (Å²) in [6.45, 7) is 7.21. The van der Waals surface area contributed by atoms with E-state index in [1.165, 1.54) is 12.3 Å². The normalized spacial score (nSPS) is 18.8. The fourth-order valence-electron chi connectivity index (χ4n) is 4.14. The molecule has 0 aliphatic carbocycles. The van der Waals surface area contributed by atoms with E-state index in [0.717, 1.165) is 24.1 Å². The van der Waals surface area contributed by atoms with E-state index in [4.69, 9.17) is 0 Å². The summed E-state index contributed by atoms with van der Waals surface area (Å²) in [5.41, 5.74) is 2.35. The molecule has 1 amide bonds. The Bertz CT molecular complexity index is 1060. The number of anilines is 1. The van der Waals surface area contributed by atoms with E-state index in [9.17, 15) is 9.18 Å². The zero-order valence-corrected chi connectivity index (χ0v) is 18.0. The number of aryl methyl sites for hydroxylation is 2. The maximum Gasteiger partial charge on any atom is 0.256 e. The number of carbonyl (C=O) groups excluding carboxylic acids is 1. The van der Waals surface area contributed by atoms with Crippen LogP contribution >= 0.6 is 0 Å². The van der Waals surface area contributed by atoms with Crippen LogP contribution in [0.15, 0.2) is 42.9 Å². The standard InChI is InChI=1S/C23H27FN6O/c1-15-6-8-20(30-14-27-17(3)28-30)19(11-15)23(31)29-10-4-5-16(2)21(29)13-26-22-9-7-18(24)12-25-22/h6-9,11-12,14,16,21H,4-5,10,13H2,1-3H3,(H,25,26). The van der Waals surface area contributed by atoms with E-state index in [0.29, 0.717) is 36.2 Å². The van der Waals surface area contributed by atoms with Crippen molar-refractivity contribution in [1.82, 2.24) is 24.6 Å². The zero-order valence-electron chi connectivity index (χ0n) is 18.0. The van der Waals surface area contributed by atoms with E-state index in [2.05, 4.69) is 27.3 Å². The third-order valence-electron chi connectivity index (χ3n) is 5.83. The number of pyridine rings is 1. The van der Waals surface area contributed by atoms with Gasteiger partial charge in [0.05, 0.1) is 23.5 Å². The topological polar surface area (TPSA) is 75.9 Å². The second-order valence-corrected chi connectivity index (χ2v) is 8.18. The minimum absolute atomic E-state index is 0.000974. The lowest BCUT2D eigenvalue weighted by Crippen LogP contribution is -2.51. The fourth-order valence-corrected chi connectivity index (χ4v) is 4.14. The van der Waals surface area contributed by atoms with E-state index in [1.807, 2.05) is 36.9 Å². The summed E-state index contributed by atoms with van der Waals surface area (Å²) in [4.78, 5) is 24.0. The highest BCUT2D eigenvalue weighted by atomic mass is 19.1. The summed E-state index contributed by atoms with van der Waals surface area (Å²) in [6.07, 6.45) is 4.83. The van der Waals surface area contributed by atoms with Gasteiger partial charge in [0.25, 0.3) is 5.91 Å². The molecule has 2 unspecified atom stereocenters. The lowest BCUT2D eigenvalue weighted by molar-refractivity contribution is 0.0540. The summed E-state index contributed by atoms with van der Waals surface area (Å²) in [5.74, 6) is 1.19. The van der Waals surface area contributed by atoms with Gasteiger partial charge >= 0.3 is 0 Å². The van der Waals surface area contributed by atoms with Crippen molar-refractivity contribution >= 4 is 11.7 Å². The number of aromatic nitrogens is 4. The van der Waals surface area contributed by atoms with Gasteiger partial charge in [-0.2, -0.15) is 5.10 Å². The Morgan fingerprint density at radius 2 is 2.06 bits per heavy atom. The number of hydrogen-bond acceptors (Lipinski definition) is 5. The minimum Gasteiger partial charge on any atom is -0.368 e. The van der Waals surface area contributed by atoms with Crippen LogP contribution in [0, 0.1) is 25.6 Å². The molecule has 0 bridgehead atoms. The van der Waals surface area contributed by atoms with Crippen LogP contribution in [0.2, 0.25) is 0 Å². The Labute approximate surface area is 181 Å². The van der Waals surface area contributed by atoms with Crippen molar-refractivity contribution in [3.63, 3.8) is 0 Å². The van der Waals surface area contributed by atoms with Crippen LogP contribution in [0.5, 0.6) is 0 Å². The molecule has 7 nitrogen and oxygen atoms in total. The zero-order chi connectivity index (χ0) is 22.0. The molecule has 1 aliphatic heterocycles. The van der Waals surface area contributed by atoms with Crippen LogP contribution in [-0.2, 0) is 0 Å². The Balaban J connectivity index is 1.61. The smallest absolute Gasteiger partial charge is 0.256 e. The largest absolute Gasteiger partial charge is 0.368 e. The molecule has 2 atom stereocenters. The molecule has 1 aliphatic rings. The number of halogens is 1. The number of rotatable bonds is 5. The molecule has 2 aromatic heterocycles. The summed E-state index contributed by atoms with van der Waals surface area (Å²) >= 11 is 0. The second-order valence-electron chi connectivity index (χ2n) is 8.18. The first kappa shape index (κ1) is 21.0. The lowest BCUT2D eigenvalue weighted by Gasteiger charge is -2.40. The van der Waals surface area contributed by atoms with Crippen LogP contribution in [-0.4, -0.2) is 49.7 Å². The Morgan fingerprint density at radius 1 is 1.23 bits per heavy atom. The van der Waals surface area contributed by atoms with Gasteiger partial charge in [-0.25, -0.2) is 19.0 Å². The van der Waals surface area contributed by atoms with E-state index >= 15 is 0 Å². The fraction of sp³-hybridized carbons (Fsp3) is 0.391. The summed E-state index contributed by atoms with van der Waals surface area (Å²) in [6, 6.07) is 8.79. The van der Waals surface area contributed by atoms with E-state index in [1.54, 1.807) is 17.1 Å². The van der Waals surface area contributed by atoms with Crippen LogP contribution in [0.4, 0.5) is 10.2 Å². The molecular weight excluding hydrogens is 395 g/mol. The average Bonchev–Trinajstić information content (AvgIpc) is 3.19. The molecule has 31 heavy (non-hydrogen) atoms. The quantitative estimate of drug-likeness (QED) is 0.677. The highest BCUT2D eigenvalue weighted by Crippen LogP contribution is 2.27. The van der Waals surface area contributed by atoms with Gasteiger partial charge in [0.15, 0.2) is 0 Å².